The van der Waals surface area contributed by atoms with E-state index in [4.69, 9.17) is 0 Å². The van der Waals surface area contributed by atoms with Crippen molar-refractivity contribution in [3.05, 3.63) is 54.6 Å². The molecule has 2 aromatic carbocycles. The molecular weight excluding hydrogens is 281 g/mol. The topological polar surface area (TPSA) is 59.4 Å². The Kier molecular flexibility index (Phi) is 2.75. The van der Waals surface area contributed by atoms with E-state index in [9.17, 15) is 4.39 Å². The normalized spacial score (nSPS) is 11.2. The molecule has 0 saturated heterocycles. The summed E-state index contributed by atoms with van der Waals surface area (Å²) in [6.45, 7) is 0. The molecule has 0 amide bonds. The van der Waals surface area contributed by atoms with E-state index in [1.807, 2.05) is 25.2 Å². The first-order valence-corrected chi connectivity index (χ1v) is 6.81. The summed E-state index contributed by atoms with van der Waals surface area (Å²) in [5.41, 5.74) is 5.30. The largest absolute Gasteiger partial charge is 0.344 e. The average molecular weight is 293 g/mol. The van der Waals surface area contributed by atoms with Crippen LogP contribution in [0.2, 0.25) is 0 Å². The van der Waals surface area contributed by atoms with E-state index in [1.165, 1.54) is 12.1 Å². The van der Waals surface area contributed by atoms with Gasteiger partial charge in [-0.1, -0.05) is 11.3 Å². The lowest BCUT2D eigenvalue weighted by molar-refractivity contribution is 0.628. The molecule has 4 rings (SSSR count). The minimum Gasteiger partial charge on any atom is -0.344 e. The Morgan fingerprint density at radius 2 is 1.82 bits per heavy atom. The summed E-state index contributed by atoms with van der Waals surface area (Å²) in [6.07, 6.45) is 1.64. The van der Waals surface area contributed by atoms with Crippen LogP contribution in [0.1, 0.15) is 0 Å². The monoisotopic (exact) mass is 293 g/mol. The van der Waals surface area contributed by atoms with Crippen LogP contribution in [0, 0.1) is 5.82 Å². The number of hydrogen-bond acceptors (Lipinski definition) is 3. The third-order valence-corrected chi connectivity index (χ3v) is 3.66. The molecule has 0 saturated carbocycles. The fourth-order valence-corrected chi connectivity index (χ4v) is 2.53. The number of hydrogen-bond donors (Lipinski definition) is 1. The highest BCUT2D eigenvalue weighted by Crippen LogP contribution is 2.30. The molecule has 108 valence electrons. The number of fused-ring (bicyclic) bond motifs is 1. The van der Waals surface area contributed by atoms with Gasteiger partial charge in [-0.05, 0) is 36.4 Å². The number of benzene rings is 2. The lowest BCUT2D eigenvalue weighted by Gasteiger charge is -2.04. The number of imidazole rings is 1. The minimum atomic E-state index is -0.261. The molecule has 0 bridgehead atoms. The van der Waals surface area contributed by atoms with Crippen molar-refractivity contribution in [3.63, 3.8) is 0 Å². The number of H-pyrrole nitrogens is 1. The number of aromatic amines is 1. The molecule has 0 spiro atoms. The molecule has 5 nitrogen and oxygen atoms in total. The van der Waals surface area contributed by atoms with Crippen LogP contribution < -0.4 is 0 Å². The van der Waals surface area contributed by atoms with E-state index in [2.05, 4.69) is 20.3 Å². The molecule has 2 heterocycles. The lowest BCUT2D eigenvalue weighted by Crippen LogP contribution is -1.90. The van der Waals surface area contributed by atoms with Crippen molar-refractivity contribution in [2.45, 2.75) is 0 Å². The predicted molar refractivity (Wildman–Crippen MR) is 81.5 cm³/mol. The van der Waals surface area contributed by atoms with Gasteiger partial charge in [-0.2, -0.15) is 0 Å². The van der Waals surface area contributed by atoms with Crippen LogP contribution in [0.4, 0.5) is 4.39 Å². The molecule has 22 heavy (non-hydrogen) atoms. The second-order valence-electron chi connectivity index (χ2n) is 5.05. The second-order valence-corrected chi connectivity index (χ2v) is 5.05. The maximum absolute atomic E-state index is 13.1. The number of aromatic nitrogens is 5. The van der Waals surface area contributed by atoms with Crippen molar-refractivity contribution in [1.82, 2.24) is 25.0 Å². The van der Waals surface area contributed by atoms with Gasteiger partial charge < -0.3 is 4.98 Å². The predicted octanol–water partition coefficient (Wildman–Crippen LogP) is 3.16. The smallest absolute Gasteiger partial charge is 0.123 e. The Labute approximate surface area is 125 Å². The van der Waals surface area contributed by atoms with Gasteiger partial charge in [0.25, 0.3) is 0 Å². The highest BCUT2D eigenvalue weighted by Gasteiger charge is 2.12. The fourth-order valence-electron chi connectivity index (χ4n) is 2.53. The molecule has 1 N–H and O–H groups in total. The van der Waals surface area contributed by atoms with Crippen LogP contribution in [-0.2, 0) is 7.05 Å². The summed E-state index contributed by atoms with van der Waals surface area (Å²) in [6, 6.07) is 12.2. The maximum Gasteiger partial charge on any atom is 0.123 e. The van der Waals surface area contributed by atoms with Crippen molar-refractivity contribution in [3.8, 4) is 22.5 Å². The van der Waals surface area contributed by atoms with Gasteiger partial charge in [0.2, 0.25) is 0 Å². The summed E-state index contributed by atoms with van der Waals surface area (Å²) in [7, 11) is 1.85. The van der Waals surface area contributed by atoms with Gasteiger partial charge in [0, 0.05) is 18.2 Å². The first-order valence-electron chi connectivity index (χ1n) is 6.81. The van der Waals surface area contributed by atoms with Crippen LogP contribution >= 0.6 is 0 Å². The number of halogens is 1. The Morgan fingerprint density at radius 3 is 2.64 bits per heavy atom. The standard InChI is InChI=1S/C16H12FN5/c1-22-14-8-11(4-7-13(14)20-21-22)16-15(18-9-19-16)10-2-5-12(17)6-3-10/h2-9H,1H3,(H,18,19). The van der Waals surface area contributed by atoms with Gasteiger partial charge in [-0.15, -0.1) is 5.10 Å². The number of rotatable bonds is 2. The first kappa shape index (κ1) is 12.7. The summed E-state index contributed by atoms with van der Waals surface area (Å²) >= 11 is 0. The van der Waals surface area contributed by atoms with Crippen molar-refractivity contribution in [2.24, 2.45) is 7.05 Å². The van der Waals surface area contributed by atoms with E-state index >= 15 is 0 Å². The molecule has 0 atom stereocenters. The van der Waals surface area contributed by atoms with Crippen molar-refractivity contribution in [2.75, 3.05) is 0 Å². The van der Waals surface area contributed by atoms with Crippen LogP contribution in [0.25, 0.3) is 33.5 Å². The Balaban J connectivity index is 1.87. The average Bonchev–Trinajstić information content (AvgIpc) is 3.15. The van der Waals surface area contributed by atoms with E-state index in [-0.39, 0.29) is 5.82 Å². The zero-order chi connectivity index (χ0) is 15.1. The molecule has 6 heteroatoms. The van der Waals surface area contributed by atoms with Crippen LogP contribution in [0.3, 0.4) is 0 Å². The third-order valence-electron chi connectivity index (χ3n) is 3.66. The molecule has 0 fully saturated rings. The first-order chi connectivity index (χ1) is 10.7. The molecule has 0 unspecified atom stereocenters. The highest BCUT2D eigenvalue weighted by atomic mass is 19.1. The molecule has 0 radical (unpaired) electrons. The van der Waals surface area contributed by atoms with Crippen molar-refractivity contribution in [1.29, 1.82) is 0 Å². The van der Waals surface area contributed by atoms with E-state index in [1.54, 1.807) is 23.1 Å². The summed E-state index contributed by atoms with van der Waals surface area (Å²) in [5.74, 6) is -0.261. The van der Waals surface area contributed by atoms with E-state index in [0.29, 0.717) is 0 Å². The Morgan fingerprint density at radius 1 is 1.05 bits per heavy atom. The van der Waals surface area contributed by atoms with Gasteiger partial charge in [0.05, 0.1) is 23.2 Å². The Bertz CT molecular complexity index is 952. The number of nitrogens with one attached hydrogen (secondary N) is 1. The van der Waals surface area contributed by atoms with Crippen LogP contribution in [0.5, 0.6) is 0 Å². The zero-order valence-corrected chi connectivity index (χ0v) is 11.8. The number of nitrogens with zero attached hydrogens (tertiary/aromatic N) is 4. The zero-order valence-electron chi connectivity index (χ0n) is 11.8. The molecule has 0 aliphatic rings. The quantitative estimate of drug-likeness (QED) is 0.617. The van der Waals surface area contributed by atoms with Crippen LogP contribution in [-0.4, -0.2) is 25.0 Å². The molecular formula is C16H12FN5. The summed E-state index contributed by atoms with van der Waals surface area (Å²) < 4.78 is 14.8. The SMILES string of the molecule is Cn1nnc2ccc(-c3[nH]cnc3-c3ccc(F)cc3)cc21. The molecule has 2 aromatic heterocycles. The summed E-state index contributed by atoms with van der Waals surface area (Å²) in [5, 5.41) is 8.08. The lowest BCUT2D eigenvalue weighted by atomic mass is 10.0. The van der Waals surface area contributed by atoms with Gasteiger partial charge >= 0.3 is 0 Å². The highest BCUT2D eigenvalue weighted by molar-refractivity contribution is 5.85. The van der Waals surface area contributed by atoms with Crippen molar-refractivity contribution >= 4 is 11.0 Å². The number of aryl methyl sites for hydroxylation is 1. The van der Waals surface area contributed by atoms with E-state index in [0.717, 1.165) is 33.5 Å². The second kappa shape index (κ2) is 4.77. The van der Waals surface area contributed by atoms with Crippen molar-refractivity contribution < 1.29 is 4.39 Å². The van der Waals surface area contributed by atoms with Gasteiger partial charge in [-0.3, -0.25) is 0 Å². The van der Waals surface area contributed by atoms with Gasteiger partial charge in [0.15, 0.2) is 0 Å². The molecule has 4 aromatic rings. The maximum atomic E-state index is 13.1. The minimum absolute atomic E-state index is 0.261. The van der Waals surface area contributed by atoms with Gasteiger partial charge in [0.1, 0.15) is 11.3 Å². The van der Waals surface area contributed by atoms with Gasteiger partial charge in [-0.25, -0.2) is 14.1 Å². The third kappa shape index (κ3) is 1.96. The van der Waals surface area contributed by atoms with E-state index < -0.39 is 0 Å². The van der Waals surface area contributed by atoms with Crippen LogP contribution in [0.15, 0.2) is 48.8 Å². The summed E-state index contributed by atoms with van der Waals surface area (Å²) in [4.78, 5) is 7.52. The molecule has 0 aliphatic heterocycles. The molecule has 0 aliphatic carbocycles. The fraction of sp³-hybridized carbons (Fsp3) is 0.0625. The Hall–Kier alpha value is -3.02.